The molecule has 0 radical (unpaired) electrons. The largest absolute Gasteiger partial charge is 0.368 e. The number of halogens is 1. The lowest BCUT2D eigenvalue weighted by molar-refractivity contribution is 0.653. The summed E-state index contributed by atoms with van der Waals surface area (Å²) in [5, 5.41) is 4.37. The number of hydrogen-bond donors (Lipinski definition) is 0. The molecule has 4 rings (SSSR count). The molecule has 1 aromatic carbocycles. The molecule has 1 aliphatic rings. The van der Waals surface area contributed by atoms with Gasteiger partial charge < -0.3 is 9.80 Å². The van der Waals surface area contributed by atoms with Crippen molar-refractivity contribution in [3.8, 4) is 0 Å². The van der Waals surface area contributed by atoms with Crippen LogP contribution in [0.4, 0.5) is 11.4 Å². The molecule has 0 saturated carbocycles. The van der Waals surface area contributed by atoms with Gasteiger partial charge in [-0.2, -0.15) is 0 Å². The fourth-order valence-corrected chi connectivity index (χ4v) is 4.65. The molecule has 2 aromatic heterocycles. The van der Waals surface area contributed by atoms with Gasteiger partial charge >= 0.3 is 0 Å². The highest BCUT2D eigenvalue weighted by Crippen LogP contribution is 2.36. The van der Waals surface area contributed by atoms with E-state index in [2.05, 4.69) is 52.3 Å². The number of aryl methyl sites for hydroxylation is 2. The number of nitrogens with zero attached hydrogens (tertiary/aromatic N) is 3. The molecule has 0 spiro atoms. The van der Waals surface area contributed by atoms with Crippen LogP contribution in [0.3, 0.4) is 0 Å². The van der Waals surface area contributed by atoms with Crippen LogP contribution in [-0.2, 0) is 6.42 Å². The topological polar surface area (TPSA) is 19.4 Å². The van der Waals surface area contributed by atoms with E-state index in [4.69, 9.17) is 11.6 Å². The van der Waals surface area contributed by atoms with Gasteiger partial charge in [0.15, 0.2) is 0 Å². The van der Waals surface area contributed by atoms with Gasteiger partial charge in [0.2, 0.25) is 0 Å². The van der Waals surface area contributed by atoms with Gasteiger partial charge in [0.05, 0.1) is 5.69 Å². The first kappa shape index (κ1) is 16.7. The predicted octanol–water partition coefficient (Wildman–Crippen LogP) is 5.15. The van der Waals surface area contributed by atoms with Crippen molar-refractivity contribution < 1.29 is 0 Å². The molecule has 0 unspecified atom stereocenters. The molecule has 130 valence electrons. The average molecular weight is 372 g/mol. The summed E-state index contributed by atoms with van der Waals surface area (Å²) in [6.45, 7) is 8.54. The van der Waals surface area contributed by atoms with Crippen LogP contribution in [-0.4, -0.2) is 31.2 Å². The zero-order chi connectivity index (χ0) is 17.4. The second kappa shape index (κ2) is 6.85. The first-order valence-corrected chi connectivity index (χ1v) is 10.0. The Morgan fingerprint density at radius 2 is 1.76 bits per heavy atom. The predicted molar refractivity (Wildman–Crippen MR) is 110 cm³/mol. The molecule has 3 heterocycles. The summed E-state index contributed by atoms with van der Waals surface area (Å²) in [7, 11) is 0. The standard InChI is InChI=1S/C20H22ClN3S/c1-3-15-12-22-20-18(14(2)13-25-20)19(15)24-10-8-23(9-11-24)17-6-4-16(21)5-7-17/h4-7,12-13H,3,8-11H2,1-2H3. The Morgan fingerprint density at radius 3 is 2.44 bits per heavy atom. The number of pyridine rings is 1. The minimum Gasteiger partial charge on any atom is -0.368 e. The maximum absolute atomic E-state index is 6.02. The second-order valence-electron chi connectivity index (χ2n) is 6.53. The van der Waals surface area contributed by atoms with E-state index in [1.54, 1.807) is 11.3 Å². The number of rotatable bonds is 3. The number of benzene rings is 1. The maximum atomic E-state index is 6.02. The third kappa shape index (κ3) is 3.09. The lowest BCUT2D eigenvalue weighted by Gasteiger charge is -2.38. The van der Waals surface area contributed by atoms with Gasteiger partial charge in [-0.25, -0.2) is 4.98 Å². The van der Waals surface area contributed by atoms with Gasteiger partial charge in [-0.3, -0.25) is 0 Å². The van der Waals surface area contributed by atoms with Crippen molar-refractivity contribution in [3.05, 3.63) is 52.0 Å². The Balaban J connectivity index is 1.61. The fourth-order valence-electron chi connectivity index (χ4n) is 3.63. The highest BCUT2D eigenvalue weighted by Gasteiger charge is 2.22. The molecular formula is C20H22ClN3S. The number of piperazine rings is 1. The lowest BCUT2D eigenvalue weighted by atomic mass is 10.1. The van der Waals surface area contributed by atoms with Gasteiger partial charge in [0.1, 0.15) is 4.83 Å². The van der Waals surface area contributed by atoms with E-state index in [0.29, 0.717) is 0 Å². The van der Waals surface area contributed by atoms with Crippen LogP contribution in [0.1, 0.15) is 18.1 Å². The fraction of sp³-hybridized carbons (Fsp3) is 0.350. The summed E-state index contributed by atoms with van der Waals surface area (Å²) >= 11 is 7.76. The first-order chi connectivity index (χ1) is 12.2. The van der Waals surface area contributed by atoms with E-state index >= 15 is 0 Å². The Morgan fingerprint density at radius 1 is 1.08 bits per heavy atom. The van der Waals surface area contributed by atoms with Crippen LogP contribution >= 0.6 is 22.9 Å². The molecule has 1 saturated heterocycles. The Kier molecular flexibility index (Phi) is 4.57. The zero-order valence-corrected chi connectivity index (χ0v) is 16.2. The summed E-state index contributed by atoms with van der Waals surface area (Å²) in [4.78, 5) is 10.8. The number of aromatic nitrogens is 1. The number of fused-ring (bicyclic) bond motifs is 1. The molecule has 0 atom stereocenters. The number of hydrogen-bond acceptors (Lipinski definition) is 4. The van der Waals surface area contributed by atoms with E-state index in [1.807, 2.05) is 12.1 Å². The van der Waals surface area contributed by atoms with E-state index in [0.717, 1.165) is 42.5 Å². The Bertz CT molecular complexity index is 880. The molecule has 25 heavy (non-hydrogen) atoms. The van der Waals surface area contributed by atoms with Crippen molar-refractivity contribution in [2.24, 2.45) is 0 Å². The van der Waals surface area contributed by atoms with Gasteiger partial charge in [0.25, 0.3) is 0 Å². The molecule has 1 fully saturated rings. The van der Waals surface area contributed by atoms with Crippen molar-refractivity contribution in [3.63, 3.8) is 0 Å². The van der Waals surface area contributed by atoms with Crippen LogP contribution in [0, 0.1) is 6.92 Å². The summed E-state index contributed by atoms with van der Waals surface area (Å²) in [5.74, 6) is 0. The highest BCUT2D eigenvalue weighted by molar-refractivity contribution is 7.17. The van der Waals surface area contributed by atoms with Crippen molar-refractivity contribution in [1.82, 2.24) is 4.98 Å². The third-order valence-corrected chi connectivity index (χ3v) is 6.26. The van der Waals surface area contributed by atoms with Crippen LogP contribution < -0.4 is 9.80 Å². The van der Waals surface area contributed by atoms with E-state index in [9.17, 15) is 0 Å². The highest BCUT2D eigenvalue weighted by atomic mass is 35.5. The molecule has 3 aromatic rings. The normalized spacial score (nSPS) is 15.2. The third-order valence-electron chi connectivity index (χ3n) is 5.00. The Hall–Kier alpha value is -1.78. The van der Waals surface area contributed by atoms with Gasteiger partial charge in [0, 0.05) is 48.5 Å². The van der Waals surface area contributed by atoms with Crippen molar-refractivity contribution in [1.29, 1.82) is 0 Å². The summed E-state index contributed by atoms with van der Waals surface area (Å²) in [6, 6.07) is 8.17. The summed E-state index contributed by atoms with van der Waals surface area (Å²) in [5.41, 5.74) is 5.36. The molecular weight excluding hydrogens is 350 g/mol. The quantitative estimate of drug-likeness (QED) is 0.634. The average Bonchev–Trinajstić information content (AvgIpc) is 3.03. The number of anilines is 2. The SMILES string of the molecule is CCc1cnc2scc(C)c2c1N1CCN(c2ccc(Cl)cc2)CC1. The molecule has 0 N–H and O–H groups in total. The minimum atomic E-state index is 0.794. The first-order valence-electron chi connectivity index (χ1n) is 8.78. The molecule has 3 nitrogen and oxygen atoms in total. The van der Waals surface area contributed by atoms with Crippen LogP contribution in [0.25, 0.3) is 10.2 Å². The van der Waals surface area contributed by atoms with Crippen LogP contribution in [0.15, 0.2) is 35.8 Å². The summed E-state index contributed by atoms with van der Waals surface area (Å²) in [6.07, 6.45) is 3.09. The van der Waals surface area contributed by atoms with E-state index < -0.39 is 0 Å². The monoisotopic (exact) mass is 371 g/mol. The van der Waals surface area contributed by atoms with Crippen LogP contribution in [0.5, 0.6) is 0 Å². The molecule has 0 aliphatic carbocycles. The maximum Gasteiger partial charge on any atom is 0.125 e. The lowest BCUT2D eigenvalue weighted by Crippen LogP contribution is -2.47. The van der Waals surface area contributed by atoms with Gasteiger partial charge in [-0.1, -0.05) is 18.5 Å². The second-order valence-corrected chi connectivity index (χ2v) is 7.83. The Labute approximate surface area is 157 Å². The van der Waals surface area contributed by atoms with Gasteiger partial charge in [-0.05, 0) is 54.1 Å². The van der Waals surface area contributed by atoms with Crippen molar-refractivity contribution in [2.45, 2.75) is 20.3 Å². The minimum absolute atomic E-state index is 0.794. The number of thiophene rings is 1. The zero-order valence-electron chi connectivity index (χ0n) is 14.6. The molecule has 1 aliphatic heterocycles. The van der Waals surface area contributed by atoms with Crippen molar-refractivity contribution >= 4 is 44.5 Å². The van der Waals surface area contributed by atoms with Gasteiger partial charge in [-0.15, -0.1) is 11.3 Å². The molecule has 5 heteroatoms. The molecule has 0 bridgehead atoms. The van der Waals surface area contributed by atoms with Crippen LogP contribution in [0.2, 0.25) is 5.02 Å². The summed E-state index contributed by atoms with van der Waals surface area (Å²) < 4.78 is 0. The van der Waals surface area contributed by atoms with E-state index in [-0.39, 0.29) is 0 Å². The van der Waals surface area contributed by atoms with Crippen molar-refractivity contribution in [2.75, 3.05) is 36.0 Å². The molecule has 0 amide bonds. The smallest absolute Gasteiger partial charge is 0.125 e. The van der Waals surface area contributed by atoms with E-state index in [1.165, 1.54) is 27.9 Å².